The number of aliphatic hydroxyl groups is 1. The first-order chi connectivity index (χ1) is 8.91. The predicted octanol–water partition coefficient (Wildman–Crippen LogP) is 0.604. The van der Waals surface area contributed by atoms with Gasteiger partial charge in [0.1, 0.15) is 0 Å². The van der Waals surface area contributed by atoms with Crippen LogP contribution >= 0.6 is 0 Å². The van der Waals surface area contributed by atoms with E-state index in [1.54, 1.807) is 23.6 Å². The van der Waals surface area contributed by atoms with E-state index in [-0.39, 0.29) is 18.0 Å². The first-order valence-corrected chi connectivity index (χ1v) is 6.88. The summed E-state index contributed by atoms with van der Waals surface area (Å²) >= 11 is 0. The van der Waals surface area contributed by atoms with Gasteiger partial charge in [-0.25, -0.2) is 4.79 Å². The van der Waals surface area contributed by atoms with Crippen molar-refractivity contribution in [3.05, 3.63) is 0 Å². The van der Waals surface area contributed by atoms with Crippen LogP contribution in [-0.4, -0.2) is 63.8 Å². The number of carboxylic acids is 1. The standard InChI is InChI=1S/C13H22N2O4/c1-8-11(12(17)18)4-6-15(8)13(19)14-5-3-10(7-14)9(2)16/h8-11,16H,3-7H2,1-2H3,(H,17,18). The maximum atomic E-state index is 12.4. The van der Waals surface area contributed by atoms with Gasteiger partial charge in [-0.2, -0.15) is 0 Å². The van der Waals surface area contributed by atoms with Crippen molar-refractivity contribution in [2.75, 3.05) is 19.6 Å². The summed E-state index contributed by atoms with van der Waals surface area (Å²) in [5.41, 5.74) is 0. The van der Waals surface area contributed by atoms with Crippen molar-refractivity contribution >= 4 is 12.0 Å². The number of aliphatic carboxylic acids is 1. The zero-order valence-electron chi connectivity index (χ0n) is 11.5. The number of rotatable bonds is 2. The number of carbonyl (C=O) groups is 2. The summed E-state index contributed by atoms with van der Waals surface area (Å²) in [6, 6.07) is -0.338. The second kappa shape index (κ2) is 5.36. The van der Waals surface area contributed by atoms with Crippen molar-refractivity contribution in [1.29, 1.82) is 0 Å². The smallest absolute Gasteiger partial charge is 0.320 e. The SMILES string of the molecule is CC(O)C1CCN(C(=O)N2CCC(C(=O)O)C2C)C1. The lowest BCUT2D eigenvalue weighted by atomic mass is 10.0. The van der Waals surface area contributed by atoms with Crippen LogP contribution in [0.25, 0.3) is 0 Å². The van der Waals surface area contributed by atoms with E-state index < -0.39 is 18.0 Å². The molecule has 0 aromatic heterocycles. The highest BCUT2D eigenvalue weighted by Gasteiger charge is 2.41. The molecule has 19 heavy (non-hydrogen) atoms. The lowest BCUT2D eigenvalue weighted by Crippen LogP contribution is -2.45. The number of hydrogen-bond acceptors (Lipinski definition) is 3. The number of carboxylic acid groups (broad SMARTS) is 1. The second-order valence-electron chi connectivity index (χ2n) is 5.69. The number of urea groups is 1. The Hall–Kier alpha value is -1.30. The van der Waals surface area contributed by atoms with Crippen LogP contribution in [0.1, 0.15) is 26.7 Å². The van der Waals surface area contributed by atoms with E-state index in [1.807, 2.05) is 0 Å². The Morgan fingerprint density at radius 1 is 1.26 bits per heavy atom. The summed E-state index contributed by atoms with van der Waals surface area (Å²) in [7, 11) is 0. The molecule has 6 heteroatoms. The minimum Gasteiger partial charge on any atom is -0.481 e. The first kappa shape index (κ1) is 14.1. The van der Waals surface area contributed by atoms with Crippen LogP contribution < -0.4 is 0 Å². The van der Waals surface area contributed by atoms with Crippen LogP contribution in [0.4, 0.5) is 4.79 Å². The molecule has 0 aromatic carbocycles. The van der Waals surface area contributed by atoms with Gasteiger partial charge >= 0.3 is 12.0 Å². The van der Waals surface area contributed by atoms with Crippen molar-refractivity contribution in [3.63, 3.8) is 0 Å². The molecule has 0 saturated carbocycles. The van der Waals surface area contributed by atoms with Gasteiger partial charge in [-0.05, 0) is 26.7 Å². The van der Waals surface area contributed by atoms with E-state index in [2.05, 4.69) is 0 Å². The van der Waals surface area contributed by atoms with Crippen LogP contribution in [-0.2, 0) is 4.79 Å². The van der Waals surface area contributed by atoms with E-state index in [4.69, 9.17) is 5.11 Å². The van der Waals surface area contributed by atoms with Gasteiger partial charge < -0.3 is 20.0 Å². The third-order valence-electron chi connectivity index (χ3n) is 4.50. The Morgan fingerprint density at radius 2 is 1.95 bits per heavy atom. The molecule has 6 nitrogen and oxygen atoms in total. The quantitative estimate of drug-likeness (QED) is 0.770. The first-order valence-electron chi connectivity index (χ1n) is 6.88. The number of aliphatic hydroxyl groups excluding tert-OH is 1. The van der Waals surface area contributed by atoms with Crippen LogP contribution in [0.2, 0.25) is 0 Å². The van der Waals surface area contributed by atoms with Crippen molar-refractivity contribution in [2.45, 2.75) is 38.8 Å². The van der Waals surface area contributed by atoms with Crippen molar-refractivity contribution in [1.82, 2.24) is 9.80 Å². The highest BCUT2D eigenvalue weighted by atomic mass is 16.4. The maximum absolute atomic E-state index is 12.4. The summed E-state index contributed by atoms with van der Waals surface area (Å²) in [4.78, 5) is 26.8. The molecule has 2 amide bonds. The highest BCUT2D eigenvalue weighted by molar-refractivity contribution is 5.78. The molecule has 2 aliphatic rings. The zero-order chi connectivity index (χ0) is 14.2. The van der Waals surface area contributed by atoms with Gasteiger partial charge in [0.05, 0.1) is 12.0 Å². The monoisotopic (exact) mass is 270 g/mol. The lowest BCUT2D eigenvalue weighted by molar-refractivity contribution is -0.142. The van der Waals surface area contributed by atoms with Gasteiger partial charge in [-0.1, -0.05) is 0 Å². The van der Waals surface area contributed by atoms with Crippen LogP contribution in [0, 0.1) is 11.8 Å². The molecule has 2 saturated heterocycles. The van der Waals surface area contributed by atoms with Gasteiger partial charge in [0.15, 0.2) is 0 Å². The molecule has 2 N–H and O–H groups in total. The van der Waals surface area contributed by atoms with Crippen LogP contribution in [0.15, 0.2) is 0 Å². The average molecular weight is 270 g/mol. The topological polar surface area (TPSA) is 81.1 Å². The fourth-order valence-electron chi connectivity index (χ4n) is 3.08. The van der Waals surface area contributed by atoms with Gasteiger partial charge in [-0.3, -0.25) is 4.79 Å². The summed E-state index contributed by atoms with van der Waals surface area (Å²) in [5.74, 6) is -1.15. The predicted molar refractivity (Wildman–Crippen MR) is 68.7 cm³/mol. The van der Waals surface area contributed by atoms with Crippen LogP contribution in [0.3, 0.4) is 0 Å². The summed E-state index contributed by atoms with van der Waals surface area (Å²) < 4.78 is 0. The Labute approximate surface area is 113 Å². The minimum absolute atomic E-state index is 0.0839. The fraction of sp³-hybridized carbons (Fsp3) is 0.846. The van der Waals surface area contributed by atoms with E-state index >= 15 is 0 Å². The molecule has 0 bridgehead atoms. The number of nitrogens with zero attached hydrogens (tertiary/aromatic N) is 2. The Balaban J connectivity index is 1.96. The van der Waals surface area contributed by atoms with Gasteiger partial charge in [-0.15, -0.1) is 0 Å². The molecule has 4 unspecified atom stereocenters. The molecule has 2 aliphatic heterocycles. The van der Waals surface area contributed by atoms with Gasteiger partial charge in [0, 0.05) is 31.6 Å². The molecule has 4 atom stereocenters. The average Bonchev–Trinajstić information content (AvgIpc) is 2.94. The Bertz CT molecular complexity index is 372. The molecule has 0 aliphatic carbocycles. The molecule has 2 rings (SSSR count). The molecular formula is C13H22N2O4. The van der Waals surface area contributed by atoms with Crippen molar-refractivity contribution < 1.29 is 19.8 Å². The molecule has 2 heterocycles. The van der Waals surface area contributed by atoms with Crippen molar-refractivity contribution in [3.8, 4) is 0 Å². The lowest BCUT2D eigenvalue weighted by Gasteiger charge is -2.28. The summed E-state index contributed by atoms with van der Waals surface area (Å²) in [6.07, 6.45) is 0.935. The Kier molecular flexibility index (Phi) is 3.99. The second-order valence-corrected chi connectivity index (χ2v) is 5.69. The van der Waals surface area contributed by atoms with Gasteiger partial charge in [0.25, 0.3) is 0 Å². The van der Waals surface area contributed by atoms with E-state index in [9.17, 15) is 14.7 Å². The molecule has 0 aromatic rings. The zero-order valence-corrected chi connectivity index (χ0v) is 11.5. The number of carbonyl (C=O) groups excluding carboxylic acids is 1. The number of likely N-dealkylation sites (tertiary alicyclic amines) is 2. The van der Waals surface area contributed by atoms with Crippen LogP contribution in [0.5, 0.6) is 0 Å². The summed E-state index contributed by atoms with van der Waals surface area (Å²) in [6.45, 7) is 5.27. The van der Waals surface area contributed by atoms with Crippen molar-refractivity contribution in [2.24, 2.45) is 11.8 Å². The maximum Gasteiger partial charge on any atom is 0.320 e. The van der Waals surface area contributed by atoms with E-state index in [1.165, 1.54) is 0 Å². The highest BCUT2D eigenvalue weighted by Crippen LogP contribution is 2.28. The molecule has 108 valence electrons. The number of hydrogen-bond donors (Lipinski definition) is 2. The number of amides is 2. The van der Waals surface area contributed by atoms with E-state index in [0.29, 0.717) is 26.1 Å². The molecule has 0 radical (unpaired) electrons. The normalized spacial score (nSPS) is 32.7. The largest absolute Gasteiger partial charge is 0.481 e. The molecular weight excluding hydrogens is 248 g/mol. The third-order valence-corrected chi connectivity index (χ3v) is 4.50. The van der Waals surface area contributed by atoms with E-state index in [0.717, 1.165) is 6.42 Å². The Morgan fingerprint density at radius 3 is 2.42 bits per heavy atom. The summed E-state index contributed by atoms with van der Waals surface area (Å²) in [5, 5.41) is 18.6. The third kappa shape index (κ3) is 2.68. The fourth-order valence-corrected chi connectivity index (χ4v) is 3.08. The molecule has 0 spiro atoms. The van der Waals surface area contributed by atoms with Gasteiger partial charge in [0.2, 0.25) is 0 Å². The molecule has 2 fully saturated rings. The minimum atomic E-state index is -0.828.